The number of aromatic carboxylic acids is 1. The Morgan fingerprint density at radius 3 is 1.17 bits per heavy atom. The van der Waals surface area contributed by atoms with Gasteiger partial charge in [0.2, 0.25) is 11.6 Å². The van der Waals surface area contributed by atoms with E-state index in [1.807, 2.05) is 128 Å². The van der Waals surface area contributed by atoms with Crippen LogP contribution in [0, 0.1) is 0 Å². The van der Waals surface area contributed by atoms with E-state index in [2.05, 4.69) is 179 Å². The van der Waals surface area contributed by atoms with Crippen LogP contribution in [-0.2, 0) is 28.4 Å². The standard InChI is InChI=1S/C44H62N10O5Si2.C41H61N7O4Si2.C3H3N3O2/c1-44(2,3)59-43(56)51-26-34-21-33(22-35(27-51)53(34)42(55)40-46-28-47-50-40)38-23-39(52(29-57-17-19-60(4,5)6)30-58-18-20-61(7,8)9)54-41(49-38)36(25-48-54)32-15-16-37(45-24-32)31-13-11-10-12-14-31;1-41(2,3)52-40(49)46-26-33-21-32(22-34(27-46)44-33)37-23-38(47(28-50-17-19-53(4,5)6)29-51-18-20-54(7,8)9)48-39(45-37)35(25-43-48)31-15-16-36(42-24-31)30-13-11-10-12-14-30;7-3(8)2-4-1-5-6-2/h10-16,23-25,28,33-35H,17-22,26-27,29-30H2,1-9H3,(H,46,47,50);10-16,23-25,32-34,44H,17-22,26-29H2,1-9H3;1H,(H,7,8)(H,4,5,6). The number of piperazine rings is 2. The molecule has 4 unspecified atom stereocenters. The number of ether oxygens (including phenoxy) is 6. The summed E-state index contributed by atoms with van der Waals surface area (Å²) in [6, 6.07) is 36.8. The molecule has 4 N–H and O–H groups in total. The third kappa shape index (κ3) is 26.1. The maximum Gasteiger partial charge on any atom is 0.410 e. The number of pyridine rings is 2. The summed E-state index contributed by atoms with van der Waals surface area (Å²) in [5, 5.41) is 34.0. The summed E-state index contributed by atoms with van der Waals surface area (Å²) < 4.78 is 41.0. The van der Waals surface area contributed by atoms with Crippen molar-refractivity contribution in [1.82, 2.24) is 89.5 Å². The molecule has 4 aliphatic heterocycles. The lowest BCUT2D eigenvalue weighted by molar-refractivity contribution is -0.0264. The number of benzene rings is 2. The number of aromatic nitrogens is 14. The predicted octanol–water partition coefficient (Wildman–Crippen LogP) is 15.9. The van der Waals surface area contributed by atoms with Crippen LogP contribution < -0.4 is 15.1 Å². The Morgan fingerprint density at radius 1 is 0.463 bits per heavy atom. The Balaban J connectivity index is 0.000000207. The zero-order valence-electron chi connectivity index (χ0n) is 74.9. The maximum atomic E-state index is 14.0. The van der Waals surface area contributed by atoms with Crippen LogP contribution in [0.1, 0.15) is 112 Å². The summed E-state index contributed by atoms with van der Waals surface area (Å²) >= 11 is 0. The molecule has 4 aliphatic rings. The second-order valence-electron chi connectivity index (χ2n) is 39.4. The van der Waals surface area contributed by atoms with Crippen LogP contribution in [0.4, 0.5) is 21.2 Å². The number of carboxylic acid groups (broad SMARTS) is 1. The number of carbonyl (C=O) groups excluding carboxylic acids is 3. The molecule has 4 saturated heterocycles. The molecule has 12 heterocycles. The summed E-state index contributed by atoms with van der Waals surface area (Å²) in [5.41, 5.74) is 9.73. The molecule has 4 atom stereocenters. The first-order valence-corrected chi connectivity index (χ1v) is 57.7. The maximum absolute atomic E-state index is 14.0. The monoisotopic (exact) mass is 1750 g/mol. The fraction of sp³-hybridized carbons (Fsp3) is 0.523. The number of hydrogen-bond acceptors (Lipinski definition) is 23. The molecule has 35 heteroatoms. The Hall–Kier alpha value is -9.99. The van der Waals surface area contributed by atoms with E-state index in [4.69, 9.17) is 63.7 Å². The van der Waals surface area contributed by atoms with E-state index >= 15 is 0 Å². The molecule has 0 radical (unpaired) electrons. The largest absolute Gasteiger partial charge is 0.475 e. The molecule has 0 spiro atoms. The van der Waals surface area contributed by atoms with Crippen molar-refractivity contribution >= 4 is 79.3 Å². The SMILES string of the molecule is CC(C)(C)OC(=O)N1CC2CC(c3cc(N(COCC[Si](C)(C)C)COCC[Si](C)(C)C)n4ncc(-c5ccc(-c6ccccc6)nc5)c4n3)CC(C1)N2.CC(C)(C)OC(=O)N1CC2CC(c3cc(N(COCC[Si](C)(C)C)COCC[Si](C)(C)C)n4ncc(-c5ccc(-c6ccccc6)nc5)c4n3)CC(C1)N2C(=O)c1ncn[nH]1.O=C(O)c1ncn[nH]1. The average molecular weight is 1750 g/mol. The smallest absolute Gasteiger partial charge is 0.410 e. The van der Waals surface area contributed by atoms with Gasteiger partial charge in [0, 0.05) is 178 Å². The first kappa shape index (κ1) is 92.2. The van der Waals surface area contributed by atoms with E-state index in [9.17, 15) is 19.2 Å². The van der Waals surface area contributed by atoms with Crippen molar-refractivity contribution in [2.75, 3.05) is 89.3 Å². The lowest BCUT2D eigenvalue weighted by atomic mass is 9.81. The average Bonchev–Trinajstić information content (AvgIpc) is 1.19. The number of nitrogens with one attached hydrogen (secondary N) is 3. The van der Waals surface area contributed by atoms with E-state index in [1.54, 1.807) is 4.90 Å². The third-order valence-corrected chi connectivity index (χ3v) is 28.5. The molecular weight excluding hydrogens is 1630 g/mol. The summed E-state index contributed by atoms with van der Waals surface area (Å²) in [4.78, 5) is 88.2. The van der Waals surface area contributed by atoms with Gasteiger partial charge in [-0.2, -0.15) is 29.4 Å². The van der Waals surface area contributed by atoms with Crippen molar-refractivity contribution in [3.8, 4) is 44.8 Å². The highest BCUT2D eigenvalue weighted by molar-refractivity contribution is 6.77. The van der Waals surface area contributed by atoms with Gasteiger partial charge in [0.25, 0.3) is 5.91 Å². The van der Waals surface area contributed by atoms with Gasteiger partial charge >= 0.3 is 18.2 Å². The number of fused-ring (bicyclic) bond motifs is 6. The molecule has 0 saturated carbocycles. The van der Waals surface area contributed by atoms with Crippen LogP contribution in [0.2, 0.25) is 103 Å². The van der Waals surface area contributed by atoms with Gasteiger partial charge in [-0.3, -0.25) is 25.0 Å². The zero-order chi connectivity index (χ0) is 88.2. The number of carbonyl (C=O) groups is 4. The minimum Gasteiger partial charge on any atom is -0.475 e. The van der Waals surface area contributed by atoms with Crippen LogP contribution in [0.25, 0.3) is 56.1 Å². The molecule has 3 amide bonds. The summed E-state index contributed by atoms with van der Waals surface area (Å²) in [7, 11) is -5.22. The fourth-order valence-corrected chi connectivity index (χ4v) is 18.3. The van der Waals surface area contributed by atoms with Gasteiger partial charge in [-0.1, -0.05) is 151 Å². The Morgan fingerprint density at radius 2 is 0.837 bits per heavy atom. The van der Waals surface area contributed by atoms with Gasteiger partial charge in [0.1, 0.15) is 62.4 Å². The van der Waals surface area contributed by atoms with Gasteiger partial charge in [0.05, 0.1) is 35.9 Å². The van der Waals surface area contributed by atoms with Crippen LogP contribution >= 0.6 is 0 Å². The Labute approximate surface area is 726 Å². The van der Waals surface area contributed by atoms with Gasteiger partial charge in [-0.25, -0.2) is 34.3 Å². The quantitative estimate of drug-likeness (QED) is 0.0185. The molecule has 2 aromatic carbocycles. The van der Waals surface area contributed by atoms with E-state index in [0.29, 0.717) is 98.0 Å². The van der Waals surface area contributed by atoms with E-state index in [0.717, 1.165) is 117 Å². The predicted molar refractivity (Wildman–Crippen MR) is 488 cm³/mol. The molecule has 660 valence electrons. The molecule has 0 aliphatic carbocycles. The zero-order valence-corrected chi connectivity index (χ0v) is 78.9. The van der Waals surface area contributed by atoms with E-state index in [1.165, 1.54) is 6.33 Å². The van der Waals surface area contributed by atoms with E-state index in [-0.39, 0.29) is 65.7 Å². The number of likely N-dealkylation sites (tertiary alicyclic amines) is 2. The number of aromatic amines is 2. The van der Waals surface area contributed by atoms with E-state index < -0.39 is 49.5 Å². The molecule has 4 bridgehead atoms. The lowest BCUT2D eigenvalue weighted by Crippen LogP contribution is -2.65. The Bertz CT molecular complexity index is 5030. The molecule has 4 fully saturated rings. The van der Waals surface area contributed by atoms with Crippen molar-refractivity contribution in [2.45, 2.75) is 217 Å². The normalized spacial score (nSPS) is 18.2. The number of anilines is 2. The molecule has 14 rings (SSSR count). The number of carboxylic acids is 1. The topological polar surface area (TPSA) is 341 Å². The second-order valence-corrected chi connectivity index (χ2v) is 61.9. The van der Waals surface area contributed by atoms with Crippen molar-refractivity contribution in [3.05, 3.63) is 158 Å². The summed E-state index contributed by atoms with van der Waals surface area (Å²) in [6.07, 6.45) is 12.3. The van der Waals surface area contributed by atoms with Crippen LogP contribution in [0.3, 0.4) is 0 Å². The van der Waals surface area contributed by atoms with Crippen LogP contribution in [0.15, 0.2) is 135 Å². The highest BCUT2D eigenvalue weighted by atomic mass is 28.3. The minimum absolute atomic E-state index is 0.0536. The number of H-pyrrole nitrogens is 2. The van der Waals surface area contributed by atoms with Gasteiger partial charge in [0.15, 0.2) is 11.3 Å². The lowest BCUT2D eigenvalue weighted by Gasteiger charge is -2.51. The second kappa shape index (κ2) is 39.9. The first-order valence-electron chi connectivity index (χ1n) is 42.8. The summed E-state index contributed by atoms with van der Waals surface area (Å²) in [6.45, 7) is 45.7. The number of amides is 3. The highest BCUT2D eigenvalue weighted by Crippen LogP contribution is 2.42. The number of hydrogen-bond donors (Lipinski definition) is 4. The van der Waals surface area contributed by atoms with Crippen molar-refractivity contribution < 1.29 is 52.7 Å². The molecule has 8 aromatic heterocycles. The molecule has 10 aromatic rings. The van der Waals surface area contributed by atoms with Crippen LogP contribution in [0.5, 0.6) is 0 Å². The number of piperidine rings is 2. The van der Waals surface area contributed by atoms with Gasteiger partial charge in [-0.15, -0.1) is 0 Å². The van der Waals surface area contributed by atoms with Crippen molar-refractivity contribution in [3.63, 3.8) is 0 Å². The Kier molecular flexibility index (Phi) is 29.9. The van der Waals surface area contributed by atoms with Gasteiger partial charge < -0.3 is 63.3 Å². The highest BCUT2D eigenvalue weighted by Gasteiger charge is 2.48. The molecule has 123 heavy (non-hydrogen) atoms. The summed E-state index contributed by atoms with van der Waals surface area (Å²) in [5.74, 6) is 0.553. The van der Waals surface area contributed by atoms with Crippen LogP contribution in [-0.4, -0.2) is 261 Å². The number of rotatable bonds is 30. The first-order chi connectivity index (χ1) is 58.2. The molecular formula is C88H126N20O11Si4. The molecule has 31 nitrogen and oxygen atoms in total. The van der Waals surface area contributed by atoms with Crippen molar-refractivity contribution in [1.29, 1.82) is 0 Å². The number of nitrogens with zero attached hydrogens (tertiary/aromatic N) is 17. The fourth-order valence-electron chi connectivity index (χ4n) is 15.2. The minimum atomic E-state index is -1.34. The van der Waals surface area contributed by atoms with Crippen molar-refractivity contribution in [2.24, 2.45) is 0 Å². The van der Waals surface area contributed by atoms with Gasteiger partial charge in [-0.05, 0) is 104 Å². The third-order valence-electron chi connectivity index (χ3n) is 21.7.